The Morgan fingerprint density at radius 3 is 2.76 bits per heavy atom. The van der Waals surface area contributed by atoms with E-state index in [-0.39, 0.29) is 11.7 Å². The van der Waals surface area contributed by atoms with E-state index in [1.807, 2.05) is 30.5 Å². The van der Waals surface area contributed by atoms with Gasteiger partial charge in [0.25, 0.3) is 5.91 Å². The number of benzene rings is 1. The van der Waals surface area contributed by atoms with Gasteiger partial charge in [-0.3, -0.25) is 4.79 Å². The second-order valence-corrected chi connectivity index (χ2v) is 6.04. The molecular formula is C19H20FN3O2. The number of methoxy groups -OCH3 is 1. The highest BCUT2D eigenvalue weighted by Gasteiger charge is 2.19. The minimum atomic E-state index is -0.418. The first-order valence-corrected chi connectivity index (χ1v) is 8.00. The highest BCUT2D eigenvalue weighted by atomic mass is 19.1. The van der Waals surface area contributed by atoms with Crippen molar-refractivity contribution in [1.82, 2.24) is 14.7 Å². The standard InChI is InChI=1S/C19H20FN3O2/c1-11-9-12(2)23-8-7-15(18(23)21-11)19(24)22-13(3)16-10-14(20)5-6-17(16)25-4/h5-10,13H,1-4H3,(H,22,24). The molecule has 0 radical (unpaired) electrons. The lowest BCUT2D eigenvalue weighted by Crippen LogP contribution is -2.27. The number of amides is 1. The fourth-order valence-corrected chi connectivity index (χ4v) is 2.97. The van der Waals surface area contributed by atoms with Crippen LogP contribution in [-0.2, 0) is 0 Å². The maximum atomic E-state index is 13.6. The number of aromatic nitrogens is 2. The number of rotatable bonds is 4. The van der Waals surface area contributed by atoms with Crippen LogP contribution in [-0.4, -0.2) is 22.4 Å². The van der Waals surface area contributed by atoms with Crippen molar-refractivity contribution in [1.29, 1.82) is 0 Å². The summed E-state index contributed by atoms with van der Waals surface area (Å²) >= 11 is 0. The third kappa shape index (κ3) is 3.20. The van der Waals surface area contributed by atoms with E-state index in [2.05, 4.69) is 10.3 Å². The van der Waals surface area contributed by atoms with E-state index in [9.17, 15) is 9.18 Å². The van der Waals surface area contributed by atoms with Gasteiger partial charge in [-0.1, -0.05) is 0 Å². The van der Waals surface area contributed by atoms with E-state index in [0.717, 1.165) is 11.4 Å². The van der Waals surface area contributed by atoms with Crippen molar-refractivity contribution in [2.45, 2.75) is 26.8 Å². The topological polar surface area (TPSA) is 55.6 Å². The number of aryl methyl sites for hydroxylation is 2. The second-order valence-electron chi connectivity index (χ2n) is 6.04. The van der Waals surface area contributed by atoms with Gasteiger partial charge >= 0.3 is 0 Å². The van der Waals surface area contributed by atoms with Gasteiger partial charge in [0.1, 0.15) is 17.2 Å². The van der Waals surface area contributed by atoms with Crippen molar-refractivity contribution in [3.63, 3.8) is 0 Å². The summed E-state index contributed by atoms with van der Waals surface area (Å²) in [5.41, 5.74) is 3.51. The zero-order chi connectivity index (χ0) is 18.1. The summed E-state index contributed by atoms with van der Waals surface area (Å²) in [7, 11) is 1.52. The van der Waals surface area contributed by atoms with Crippen LogP contribution in [0.3, 0.4) is 0 Å². The lowest BCUT2D eigenvalue weighted by molar-refractivity contribution is 0.0941. The van der Waals surface area contributed by atoms with E-state index >= 15 is 0 Å². The fraction of sp³-hybridized carbons (Fsp3) is 0.263. The Balaban J connectivity index is 1.91. The summed E-state index contributed by atoms with van der Waals surface area (Å²) in [6.07, 6.45) is 1.82. The summed E-state index contributed by atoms with van der Waals surface area (Å²) in [4.78, 5) is 17.2. The summed E-state index contributed by atoms with van der Waals surface area (Å²) in [5, 5.41) is 2.89. The number of fused-ring (bicyclic) bond motifs is 1. The van der Waals surface area contributed by atoms with E-state index in [1.54, 1.807) is 19.1 Å². The first-order chi connectivity index (χ1) is 11.9. The van der Waals surface area contributed by atoms with Crippen LogP contribution in [0.2, 0.25) is 0 Å². The monoisotopic (exact) mass is 341 g/mol. The van der Waals surface area contributed by atoms with Gasteiger partial charge in [0.2, 0.25) is 0 Å². The molecule has 0 bridgehead atoms. The molecule has 1 N–H and O–H groups in total. The molecule has 0 aliphatic heterocycles. The highest BCUT2D eigenvalue weighted by Crippen LogP contribution is 2.26. The largest absolute Gasteiger partial charge is 0.496 e. The van der Waals surface area contributed by atoms with Crippen molar-refractivity contribution in [2.24, 2.45) is 0 Å². The van der Waals surface area contributed by atoms with Crippen LogP contribution in [0.5, 0.6) is 5.75 Å². The molecule has 0 aliphatic rings. The van der Waals surface area contributed by atoms with Crippen LogP contribution in [0.15, 0.2) is 36.5 Å². The number of hydrogen-bond donors (Lipinski definition) is 1. The normalized spacial score (nSPS) is 12.2. The van der Waals surface area contributed by atoms with Crippen molar-refractivity contribution >= 4 is 11.6 Å². The Kier molecular flexibility index (Phi) is 4.44. The van der Waals surface area contributed by atoms with Crippen molar-refractivity contribution in [3.05, 3.63) is 64.9 Å². The molecule has 0 aliphatic carbocycles. The van der Waals surface area contributed by atoms with E-state index in [1.165, 1.54) is 19.2 Å². The van der Waals surface area contributed by atoms with Crippen molar-refractivity contribution in [2.75, 3.05) is 7.11 Å². The van der Waals surface area contributed by atoms with E-state index in [4.69, 9.17) is 4.74 Å². The maximum absolute atomic E-state index is 13.6. The number of nitrogens with one attached hydrogen (secondary N) is 1. The number of nitrogens with zero attached hydrogens (tertiary/aromatic N) is 2. The molecule has 0 saturated carbocycles. The van der Waals surface area contributed by atoms with Crippen LogP contribution < -0.4 is 10.1 Å². The molecular weight excluding hydrogens is 321 g/mol. The Bertz CT molecular complexity index is 949. The molecule has 130 valence electrons. The smallest absolute Gasteiger partial charge is 0.255 e. The lowest BCUT2D eigenvalue weighted by atomic mass is 10.1. The predicted molar refractivity (Wildman–Crippen MR) is 93.5 cm³/mol. The molecule has 5 nitrogen and oxygen atoms in total. The molecule has 25 heavy (non-hydrogen) atoms. The molecule has 1 aromatic carbocycles. The first-order valence-electron chi connectivity index (χ1n) is 8.00. The van der Waals surface area contributed by atoms with E-state index < -0.39 is 6.04 Å². The quantitative estimate of drug-likeness (QED) is 0.789. The molecule has 0 saturated heterocycles. The van der Waals surface area contributed by atoms with Gasteiger partial charge in [0.05, 0.1) is 18.7 Å². The molecule has 1 atom stereocenters. The van der Waals surface area contributed by atoms with Crippen LogP contribution >= 0.6 is 0 Å². The Morgan fingerprint density at radius 1 is 1.28 bits per heavy atom. The minimum Gasteiger partial charge on any atom is -0.496 e. The molecule has 0 fully saturated rings. The summed E-state index contributed by atoms with van der Waals surface area (Å²) in [6, 6.07) is 7.52. The first kappa shape index (κ1) is 17.0. The van der Waals surface area contributed by atoms with Crippen LogP contribution in [0, 0.1) is 19.7 Å². The Labute approximate surface area is 145 Å². The van der Waals surface area contributed by atoms with Gasteiger partial charge in [-0.2, -0.15) is 0 Å². The number of halogens is 1. The average molecular weight is 341 g/mol. The number of ether oxygens (including phenoxy) is 1. The Hall–Kier alpha value is -2.89. The SMILES string of the molecule is COc1ccc(F)cc1C(C)NC(=O)c1ccn2c(C)cc(C)nc12. The lowest BCUT2D eigenvalue weighted by Gasteiger charge is -2.17. The molecule has 6 heteroatoms. The van der Waals surface area contributed by atoms with Gasteiger partial charge in [0, 0.05) is 23.1 Å². The molecule has 3 rings (SSSR count). The molecule has 2 aromatic heterocycles. The Morgan fingerprint density at radius 2 is 2.04 bits per heavy atom. The second kappa shape index (κ2) is 6.55. The van der Waals surface area contributed by atoms with E-state index in [0.29, 0.717) is 22.5 Å². The summed E-state index contributed by atoms with van der Waals surface area (Å²) in [5.74, 6) is -0.112. The summed E-state index contributed by atoms with van der Waals surface area (Å²) < 4.78 is 20.7. The zero-order valence-electron chi connectivity index (χ0n) is 14.6. The third-order valence-corrected chi connectivity index (χ3v) is 4.19. The maximum Gasteiger partial charge on any atom is 0.255 e. The number of carbonyl (C=O) groups is 1. The van der Waals surface area contributed by atoms with Gasteiger partial charge < -0.3 is 14.5 Å². The predicted octanol–water partition coefficient (Wildman–Crippen LogP) is 3.59. The molecule has 2 heterocycles. The molecule has 1 amide bonds. The molecule has 3 aromatic rings. The van der Waals surface area contributed by atoms with Crippen LogP contribution in [0.25, 0.3) is 5.65 Å². The average Bonchev–Trinajstić information content (AvgIpc) is 2.98. The summed E-state index contributed by atoms with van der Waals surface area (Å²) in [6.45, 7) is 5.64. The van der Waals surface area contributed by atoms with Gasteiger partial charge in [-0.15, -0.1) is 0 Å². The molecule has 1 unspecified atom stereocenters. The fourth-order valence-electron chi connectivity index (χ4n) is 2.97. The number of carbonyl (C=O) groups excluding carboxylic acids is 1. The minimum absolute atomic E-state index is 0.265. The van der Waals surface area contributed by atoms with Crippen molar-refractivity contribution in [3.8, 4) is 5.75 Å². The van der Waals surface area contributed by atoms with Gasteiger partial charge in [-0.05, 0) is 51.1 Å². The highest BCUT2D eigenvalue weighted by molar-refractivity contribution is 6.00. The number of hydrogen-bond acceptors (Lipinski definition) is 3. The van der Waals surface area contributed by atoms with Gasteiger partial charge in [0.15, 0.2) is 0 Å². The van der Waals surface area contributed by atoms with Crippen LogP contribution in [0.4, 0.5) is 4.39 Å². The third-order valence-electron chi connectivity index (χ3n) is 4.19. The zero-order valence-corrected chi connectivity index (χ0v) is 14.6. The van der Waals surface area contributed by atoms with Crippen LogP contribution in [0.1, 0.15) is 40.3 Å². The van der Waals surface area contributed by atoms with Crippen molar-refractivity contribution < 1.29 is 13.9 Å². The molecule has 0 spiro atoms. The van der Waals surface area contributed by atoms with Gasteiger partial charge in [-0.25, -0.2) is 9.37 Å².